The van der Waals surface area contributed by atoms with Crippen molar-refractivity contribution >= 4 is 0 Å². The number of rotatable bonds is 5. The highest BCUT2D eigenvalue weighted by molar-refractivity contribution is 5.03. The Morgan fingerprint density at radius 2 is 2.29 bits per heavy atom. The fourth-order valence-corrected chi connectivity index (χ4v) is 1.32. The lowest BCUT2D eigenvalue weighted by Gasteiger charge is -2.15. The molecule has 4 nitrogen and oxygen atoms in total. The smallest absolute Gasteiger partial charge is 0.108 e. The molecule has 0 aliphatic carbocycles. The van der Waals surface area contributed by atoms with E-state index in [9.17, 15) is 5.11 Å². The van der Waals surface area contributed by atoms with E-state index in [0.29, 0.717) is 12.6 Å². The van der Waals surface area contributed by atoms with Gasteiger partial charge in [0.05, 0.1) is 18.2 Å². The number of aliphatic hydroxyl groups is 1. The summed E-state index contributed by atoms with van der Waals surface area (Å²) in [5.74, 6) is 0. The Morgan fingerprint density at radius 3 is 2.86 bits per heavy atom. The molecule has 0 spiro atoms. The summed E-state index contributed by atoms with van der Waals surface area (Å²) in [5.41, 5.74) is 0.876. The SMILES string of the molecule is CCn1cncc1C(O)CNC(C)C. The maximum Gasteiger partial charge on any atom is 0.108 e. The van der Waals surface area contributed by atoms with Gasteiger partial charge in [-0.1, -0.05) is 13.8 Å². The number of hydrogen-bond donors (Lipinski definition) is 2. The van der Waals surface area contributed by atoms with Gasteiger partial charge in [0.15, 0.2) is 0 Å². The molecule has 0 saturated heterocycles. The Bertz CT molecular complexity index is 270. The van der Waals surface area contributed by atoms with Crippen molar-refractivity contribution < 1.29 is 5.11 Å². The Kier molecular flexibility index (Phi) is 4.10. The highest BCUT2D eigenvalue weighted by Crippen LogP contribution is 2.11. The van der Waals surface area contributed by atoms with Crippen LogP contribution in [0.15, 0.2) is 12.5 Å². The van der Waals surface area contributed by atoms with E-state index in [1.165, 1.54) is 0 Å². The van der Waals surface area contributed by atoms with Crippen LogP contribution in [0.25, 0.3) is 0 Å². The van der Waals surface area contributed by atoms with Crippen LogP contribution in [0.3, 0.4) is 0 Å². The van der Waals surface area contributed by atoms with Gasteiger partial charge in [-0.2, -0.15) is 0 Å². The molecule has 1 aromatic rings. The van der Waals surface area contributed by atoms with E-state index >= 15 is 0 Å². The third kappa shape index (κ3) is 2.82. The van der Waals surface area contributed by atoms with E-state index in [1.807, 2.05) is 11.5 Å². The second-order valence-corrected chi connectivity index (χ2v) is 3.68. The molecule has 14 heavy (non-hydrogen) atoms. The van der Waals surface area contributed by atoms with Crippen LogP contribution in [0.5, 0.6) is 0 Å². The largest absolute Gasteiger partial charge is 0.385 e. The molecule has 1 rings (SSSR count). The minimum atomic E-state index is -0.472. The average molecular weight is 197 g/mol. The molecule has 0 amide bonds. The molecule has 0 aromatic carbocycles. The van der Waals surface area contributed by atoms with Crippen LogP contribution in [0.1, 0.15) is 32.6 Å². The van der Waals surface area contributed by atoms with Crippen molar-refractivity contribution in [2.45, 2.75) is 39.5 Å². The maximum absolute atomic E-state index is 9.85. The Morgan fingerprint density at radius 1 is 1.57 bits per heavy atom. The van der Waals surface area contributed by atoms with Crippen molar-refractivity contribution in [3.05, 3.63) is 18.2 Å². The highest BCUT2D eigenvalue weighted by Gasteiger charge is 2.11. The zero-order valence-electron chi connectivity index (χ0n) is 9.07. The number of nitrogens with one attached hydrogen (secondary N) is 1. The fraction of sp³-hybridized carbons (Fsp3) is 0.700. The van der Waals surface area contributed by atoms with Crippen molar-refractivity contribution in [1.82, 2.24) is 14.9 Å². The molecule has 1 aromatic heterocycles. The Labute approximate surface area is 85.0 Å². The molecule has 1 atom stereocenters. The second kappa shape index (κ2) is 5.12. The molecule has 4 heteroatoms. The van der Waals surface area contributed by atoms with E-state index in [4.69, 9.17) is 0 Å². The standard InChI is InChI=1S/C10H19N3O/c1-4-13-7-11-5-9(13)10(14)6-12-8(2)3/h5,7-8,10,12,14H,4,6H2,1-3H3. The Hall–Kier alpha value is -0.870. The van der Waals surface area contributed by atoms with Crippen molar-refractivity contribution in [2.24, 2.45) is 0 Å². The summed E-state index contributed by atoms with van der Waals surface area (Å²) in [4.78, 5) is 4.02. The van der Waals surface area contributed by atoms with Gasteiger partial charge in [-0.25, -0.2) is 4.98 Å². The number of hydrogen-bond acceptors (Lipinski definition) is 3. The molecule has 0 radical (unpaired) electrons. The molecule has 0 saturated carbocycles. The van der Waals surface area contributed by atoms with Gasteiger partial charge in [0.2, 0.25) is 0 Å². The molecule has 1 unspecified atom stereocenters. The molecule has 0 aliphatic rings. The van der Waals surface area contributed by atoms with Crippen LogP contribution in [0.4, 0.5) is 0 Å². The molecular formula is C10H19N3O. The number of nitrogens with zero attached hydrogens (tertiary/aromatic N) is 2. The lowest BCUT2D eigenvalue weighted by molar-refractivity contribution is 0.162. The quantitative estimate of drug-likeness (QED) is 0.738. The lowest BCUT2D eigenvalue weighted by Crippen LogP contribution is -2.28. The summed E-state index contributed by atoms with van der Waals surface area (Å²) in [6, 6.07) is 0.391. The zero-order chi connectivity index (χ0) is 10.6. The minimum Gasteiger partial charge on any atom is -0.385 e. The van der Waals surface area contributed by atoms with Crippen LogP contribution >= 0.6 is 0 Å². The molecule has 0 fully saturated rings. The van der Waals surface area contributed by atoms with Crippen LogP contribution in [-0.2, 0) is 6.54 Å². The van der Waals surface area contributed by atoms with Crippen LogP contribution in [-0.4, -0.2) is 27.2 Å². The van der Waals surface area contributed by atoms with Gasteiger partial charge in [-0.3, -0.25) is 0 Å². The number of imidazole rings is 1. The van der Waals surface area contributed by atoms with Gasteiger partial charge in [0.25, 0.3) is 0 Å². The van der Waals surface area contributed by atoms with Gasteiger partial charge in [-0.15, -0.1) is 0 Å². The fourth-order valence-electron chi connectivity index (χ4n) is 1.32. The van der Waals surface area contributed by atoms with Gasteiger partial charge in [-0.05, 0) is 6.92 Å². The summed E-state index contributed by atoms with van der Waals surface area (Å²) < 4.78 is 1.95. The first-order chi connectivity index (χ1) is 6.65. The van der Waals surface area contributed by atoms with Crippen LogP contribution in [0.2, 0.25) is 0 Å². The van der Waals surface area contributed by atoms with E-state index in [-0.39, 0.29) is 0 Å². The summed E-state index contributed by atoms with van der Waals surface area (Å²) in [7, 11) is 0. The zero-order valence-corrected chi connectivity index (χ0v) is 9.07. The topological polar surface area (TPSA) is 50.1 Å². The molecule has 2 N–H and O–H groups in total. The Balaban J connectivity index is 2.55. The average Bonchev–Trinajstić information content (AvgIpc) is 2.61. The van der Waals surface area contributed by atoms with Crippen molar-refractivity contribution in [3.63, 3.8) is 0 Å². The number of aliphatic hydroxyl groups excluding tert-OH is 1. The van der Waals surface area contributed by atoms with Gasteiger partial charge in [0, 0.05) is 19.1 Å². The predicted molar refractivity (Wildman–Crippen MR) is 56.0 cm³/mol. The monoisotopic (exact) mass is 197 g/mol. The van der Waals surface area contributed by atoms with Crippen LogP contribution < -0.4 is 5.32 Å². The summed E-state index contributed by atoms with van der Waals surface area (Å²) >= 11 is 0. The first-order valence-electron chi connectivity index (χ1n) is 5.06. The van der Waals surface area contributed by atoms with E-state index in [0.717, 1.165) is 12.2 Å². The molecule has 80 valence electrons. The summed E-state index contributed by atoms with van der Waals surface area (Å²) in [6.07, 6.45) is 2.99. The molecule has 0 aliphatic heterocycles. The van der Waals surface area contributed by atoms with Crippen LogP contribution in [0, 0.1) is 0 Å². The van der Waals surface area contributed by atoms with E-state index in [2.05, 4.69) is 24.1 Å². The minimum absolute atomic E-state index is 0.391. The third-order valence-electron chi connectivity index (χ3n) is 2.15. The van der Waals surface area contributed by atoms with E-state index < -0.39 is 6.10 Å². The van der Waals surface area contributed by atoms with Gasteiger partial charge in [0.1, 0.15) is 6.10 Å². The molecule has 1 heterocycles. The van der Waals surface area contributed by atoms with Crippen molar-refractivity contribution in [1.29, 1.82) is 0 Å². The summed E-state index contributed by atoms with van der Waals surface area (Å²) in [5, 5.41) is 13.0. The third-order valence-corrected chi connectivity index (χ3v) is 2.15. The normalized spacial score (nSPS) is 13.5. The van der Waals surface area contributed by atoms with E-state index in [1.54, 1.807) is 12.5 Å². The number of aromatic nitrogens is 2. The highest BCUT2D eigenvalue weighted by atomic mass is 16.3. The second-order valence-electron chi connectivity index (χ2n) is 3.68. The predicted octanol–water partition coefficient (Wildman–Crippen LogP) is 0.934. The summed E-state index contributed by atoms with van der Waals surface area (Å²) in [6.45, 7) is 7.57. The first-order valence-corrected chi connectivity index (χ1v) is 5.06. The van der Waals surface area contributed by atoms with Crippen molar-refractivity contribution in [3.8, 4) is 0 Å². The molecular weight excluding hydrogens is 178 g/mol. The molecule has 0 bridgehead atoms. The number of aryl methyl sites for hydroxylation is 1. The van der Waals surface area contributed by atoms with Gasteiger partial charge < -0.3 is 15.0 Å². The first kappa shape index (κ1) is 11.2. The van der Waals surface area contributed by atoms with Crippen molar-refractivity contribution in [2.75, 3.05) is 6.54 Å². The maximum atomic E-state index is 9.85. The lowest BCUT2D eigenvalue weighted by atomic mass is 10.2. The van der Waals surface area contributed by atoms with Gasteiger partial charge >= 0.3 is 0 Å².